The van der Waals surface area contributed by atoms with Gasteiger partial charge in [-0.05, 0) is 140 Å². The second-order valence-electron chi connectivity index (χ2n) is 15.7. The molecule has 0 aliphatic carbocycles. The van der Waals surface area contributed by atoms with E-state index >= 15 is 0 Å². The fraction of sp³-hybridized carbons (Fsp3) is 0.292. The summed E-state index contributed by atoms with van der Waals surface area (Å²) >= 11 is 3.50. The van der Waals surface area contributed by atoms with E-state index in [-0.39, 0.29) is 23.5 Å². The Morgan fingerprint density at radius 1 is 0.550 bits per heavy atom. The summed E-state index contributed by atoms with van der Waals surface area (Å²) in [7, 11) is 2.71. The van der Waals surface area contributed by atoms with Crippen molar-refractivity contribution in [1.82, 2.24) is 0 Å². The van der Waals surface area contributed by atoms with Crippen LogP contribution in [0.4, 0.5) is 41.1 Å². The van der Waals surface area contributed by atoms with Crippen molar-refractivity contribution >= 4 is 57.6 Å². The number of benzene rings is 4. The van der Waals surface area contributed by atoms with Crippen LogP contribution in [-0.2, 0) is 9.47 Å². The number of thiophene rings is 2. The molecule has 0 fully saturated rings. The van der Waals surface area contributed by atoms with Crippen LogP contribution >= 0.6 is 22.7 Å². The molecule has 4 aromatic carbocycles. The van der Waals surface area contributed by atoms with E-state index < -0.39 is 12.2 Å². The maximum absolute atomic E-state index is 14.8. The Bertz CT molecular complexity index is 2370. The van der Waals surface area contributed by atoms with Crippen LogP contribution in [0.15, 0.2) is 106 Å². The van der Waals surface area contributed by atoms with Gasteiger partial charge in [-0.2, -0.15) is 22.7 Å². The Morgan fingerprint density at radius 2 is 0.917 bits per heavy atom. The molecule has 308 valence electrons. The lowest BCUT2D eigenvalue weighted by Gasteiger charge is -2.43. The van der Waals surface area contributed by atoms with Crippen LogP contribution in [0.25, 0.3) is 0 Å². The number of carbonyl (C=O) groups excluding carboxylic acids is 2. The number of halogens is 2. The van der Waals surface area contributed by atoms with E-state index in [9.17, 15) is 18.4 Å². The molecule has 0 saturated heterocycles. The van der Waals surface area contributed by atoms with E-state index in [2.05, 4.69) is 66.2 Å². The van der Waals surface area contributed by atoms with Crippen molar-refractivity contribution in [3.8, 4) is 0 Å². The second-order valence-corrected chi connectivity index (χ2v) is 17.3. The van der Waals surface area contributed by atoms with Gasteiger partial charge < -0.3 is 19.3 Å². The first kappa shape index (κ1) is 39.7. The zero-order valence-corrected chi connectivity index (χ0v) is 35.1. The SMILES string of the molecule is COC(=O)Nc1cc2c3c(c1)C(c1ccccc1F)CCN3CCC2c1ccccc1F.COC(=O)Nc1cc2c3c(c1)C(c1ccsc1)CCN3CCC2c1ccsc1. The molecule has 6 aromatic rings. The van der Waals surface area contributed by atoms with Gasteiger partial charge in [-0.25, -0.2) is 18.4 Å². The van der Waals surface area contributed by atoms with Crippen molar-refractivity contribution in [2.45, 2.75) is 49.4 Å². The first-order chi connectivity index (χ1) is 29.3. The highest BCUT2D eigenvalue weighted by molar-refractivity contribution is 7.08. The highest BCUT2D eigenvalue weighted by Gasteiger charge is 2.38. The zero-order chi connectivity index (χ0) is 41.3. The minimum absolute atomic E-state index is 0.153. The Labute approximate surface area is 356 Å². The number of nitrogens with one attached hydrogen (secondary N) is 2. The van der Waals surface area contributed by atoms with Crippen molar-refractivity contribution in [2.24, 2.45) is 0 Å². The van der Waals surface area contributed by atoms with Crippen molar-refractivity contribution in [3.05, 3.63) is 163 Å². The maximum Gasteiger partial charge on any atom is 0.411 e. The first-order valence-electron chi connectivity index (χ1n) is 20.4. The summed E-state index contributed by atoms with van der Waals surface area (Å²) in [5.41, 5.74) is 12.4. The number of rotatable bonds is 6. The van der Waals surface area contributed by atoms with Gasteiger partial charge >= 0.3 is 12.2 Å². The Morgan fingerprint density at radius 3 is 1.27 bits per heavy atom. The standard InChI is InChI=1S/C26H24F2N2O2.C22H22N2O2S2/c1-32-26(31)29-16-14-21-17(19-6-2-4-8-23(19)27)10-12-30-13-11-18(22(15-16)25(21)30)20-7-3-5-9-24(20)28;1-26-22(25)23-16-10-19-17(14-4-8-27-12-14)2-6-24-7-3-18(15-5-9-28-13-15)20(11-16)21(19)24/h2-9,14-15,17-18H,10-13H2,1H3,(H,29,31);4-5,8-13,17-18H,2-3,6-7H2,1H3,(H,23,25). The normalized spacial score (nSPS) is 19.9. The molecule has 2 aromatic heterocycles. The second kappa shape index (κ2) is 17.1. The Kier molecular flexibility index (Phi) is 11.3. The predicted molar refractivity (Wildman–Crippen MR) is 237 cm³/mol. The van der Waals surface area contributed by atoms with Crippen LogP contribution in [-0.4, -0.2) is 52.6 Å². The number of hydrogen-bond acceptors (Lipinski definition) is 8. The van der Waals surface area contributed by atoms with Crippen LogP contribution in [0.3, 0.4) is 0 Å². The molecule has 2 amide bonds. The van der Waals surface area contributed by atoms with Gasteiger partial charge in [-0.1, -0.05) is 36.4 Å². The topological polar surface area (TPSA) is 83.1 Å². The van der Waals surface area contributed by atoms with E-state index in [0.717, 1.165) is 74.4 Å². The van der Waals surface area contributed by atoms with E-state index in [1.54, 1.807) is 34.8 Å². The van der Waals surface area contributed by atoms with Crippen molar-refractivity contribution in [2.75, 3.05) is 60.8 Å². The highest BCUT2D eigenvalue weighted by atomic mass is 32.1. The average molecular weight is 845 g/mol. The minimum atomic E-state index is -0.578. The van der Waals surface area contributed by atoms with Crippen LogP contribution < -0.4 is 20.4 Å². The lowest BCUT2D eigenvalue weighted by atomic mass is 9.76. The summed E-state index contributed by atoms with van der Waals surface area (Å²) < 4.78 is 39.2. The van der Waals surface area contributed by atoms with Crippen molar-refractivity contribution < 1.29 is 27.8 Å². The number of amides is 2. The third-order valence-electron chi connectivity index (χ3n) is 12.5. The maximum atomic E-state index is 14.8. The number of ether oxygens (including phenoxy) is 2. The zero-order valence-electron chi connectivity index (χ0n) is 33.5. The highest BCUT2D eigenvalue weighted by Crippen LogP contribution is 2.52. The monoisotopic (exact) mass is 844 g/mol. The van der Waals surface area contributed by atoms with Gasteiger partial charge in [-0.15, -0.1) is 0 Å². The molecule has 0 radical (unpaired) electrons. The summed E-state index contributed by atoms with van der Waals surface area (Å²) in [5, 5.41) is 14.5. The minimum Gasteiger partial charge on any atom is -0.453 e. The fourth-order valence-electron chi connectivity index (χ4n) is 9.87. The molecule has 0 saturated carbocycles. The molecule has 0 spiro atoms. The molecule has 10 rings (SSSR count). The fourth-order valence-corrected chi connectivity index (χ4v) is 11.3. The number of hydrogen-bond donors (Lipinski definition) is 2. The van der Waals surface area contributed by atoms with Gasteiger partial charge in [0.25, 0.3) is 0 Å². The molecule has 4 unspecified atom stereocenters. The van der Waals surface area contributed by atoms with E-state index in [0.29, 0.717) is 28.7 Å². The molecule has 4 aliphatic rings. The van der Waals surface area contributed by atoms with Crippen molar-refractivity contribution in [1.29, 1.82) is 0 Å². The van der Waals surface area contributed by atoms with Gasteiger partial charge in [0.15, 0.2) is 0 Å². The van der Waals surface area contributed by atoms with E-state index in [4.69, 9.17) is 9.47 Å². The Balaban J connectivity index is 0.000000155. The summed E-state index contributed by atoms with van der Waals surface area (Å²) in [6.07, 6.45) is 2.74. The van der Waals surface area contributed by atoms with Gasteiger partial charge in [0.2, 0.25) is 0 Å². The quantitative estimate of drug-likeness (QED) is 0.174. The molecule has 2 N–H and O–H groups in total. The molecule has 4 atom stereocenters. The van der Waals surface area contributed by atoms with Crippen LogP contribution in [0, 0.1) is 11.6 Å². The lowest BCUT2D eigenvalue weighted by molar-refractivity contribution is 0.186. The van der Waals surface area contributed by atoms with Crippen LogP contribution in [0.2, 0.25) is 0 Å². The molecular weight excluding hydrogens is 799 g/mol. The summed E-state index contributed by atoms with van der Waals surface area (Å²) in [6, 6.07) is 26.2. The summed E-state index contributed by atoms with van der Waals surface area (Å²) in [6.45, 7) is 3.76. The average Bonchev–Trinajstić information content (AvgIpc) is 4.01. The third kappa shape index (κ3) is 7.62. The molecule has 6 heterocycles. The van der Waals surface area contributed by atoms with Gasteiger partial charge in [0.05, 0.1) is 14.2 Å². The number of carbonyl (C=O) groups is 2. The summed E-state index contributed by atoms with van der Waals surface area (Å²) in [4.78, 5) is 28.7. The largest absolute Gasteiger partial charge is 0.453 e. The Hall–Kier alpha value is -5.72. The summed E-state index contributed by atoms with van der Waals surface area (Å²) in [5.74, 6) is -0.0475. The number of methoxy groups -OCH3 is 2. The van der Waals surface area contributed by atoms with Crippen LogP contribution in [0.1, 0.15) is 93.9 Å². The van der Waals surface area contributed by atoms with Gasteiger partial charge in [-0.3, -0.25) is 10.6 Å². The van der Waals surface area contributed by atoms with E-state index in [1.165, 1.54) is 54.3 Å². The molecule has 0 bridgehead atoms. The predicted octanol–water partition coefficient (Wildman–Crippen LogP) is 11.9. The molecular formula is C48H46F2N4O4S2. The lowest BCUT2D eigenvalue weighted by Crippen LogP contribution is -2.38. The molecule has 4 aliphatic heterocycles. The van der Waals surface area contributed by atoms with Gasteiger partial charge in [0.1, 0.15) is 11.6 Å². The molecule has 8 nitrogen and oxygen atoms in total. The number of anilines is 4. The number of nitrogens with zero attached hydrogens (tertiary/aromatic N) is 2. The molecule has 60 heavy (non-hydrogen) atoms. The van der Waals surface area contributed by atoms with Crippen molar-refractivity contribution in [3.63, 3.8) is 0 Å². The van der Waals surface area contributed by atoms with Gasteiger partial charge in [0, 0.05) is 72.6 Å². The molecule has 12 heteroatoms. The first-order valence-corrected chi connectivity index (χ1v) is 22.3. The van der Waals surface area contributed by atoms with E-state index in [1.807, 2.05) is 36.4 Å². The van der Waals surface area contributed by atoms with Crippen LogP contribution in [0.5, 0.6) is 0 Å². The third-order valence-corrected chi connectivity index (χ3v) is 13.9. The smallest absolute Gasteiger partial charge is 0.411 e.